The number of nitrogens with one attached hydrogen (secondary N) is 1. The van der Waals surface area contributed by atoms with Crippen molar-refractivity contribution in [2.24, 2.45) is 5.92 Å². The highest BCUT2D eigenvalue weighted by Gasteiger charge is 2.46. The van der Waals surface area contributed by atoms with E-state index >= 15 is 0 Å². The van der Waals surface area contributed by atoms with Crippen LogP contribution in [0.3, 0.4) is 0 Å². The summed E-state index contributed by atoms with van der Waals surface area (Å²) in [5.41, 5.74) is -0.818. The zero-order valence-corrected chi connectivity index (χ0v) is 15.2. The first kappa shape index (κ1) is 16.5. The molecule has 0 bridgehead atoms. The maximum absolute atomic E-state index is 12.7. The fourth-order valence-electron chi connectivity index (χ4n) is 2.48. The van der Waals surface area contributed by atoms with Crippen molar-refractivity contribution in [2.75, 3.05) is 0 Å². The summed E-state index contributed by atoms with van der Waals surface area (Å²) < 4.78 is 1.01. The summed E-state index contributed by atoms with van der Waals surface area (Å²) in [6.07, 6.45) is 0.672. The molecule has 0 saturated carbocycles. The highest BCUT2D eigenvalue weighted by atomic mass is 79.9. The molecule has 116 valence electrons. The molecule has 0 aromatic carbocycles. The van der Waals surface area contributed by atoms with Crippen LogP contribution in [0.5, 0.6) is 0 Å². The second kappa shape index (κ2) is 6.08. The Kier molecular flexibility index (Phi) is 4.78. The van der Waals surface area contributed by atoms with Gasteiger partial charge in [-0.3, -0.25) is 9.59 Å². The van der Waals surface area contributed by atoms with Gasteiger partial charge in [-0.2, -0.15) is 0 Å². The fraction of sp³-hybridized carbons (Fsp3) is 0.600. The van der Waals surface area contributed by atoms with Crippen LogP contribution in [0.25, 0.3) is 0 Å². The minimum absolute atomic E-state index is 0.0119. The van der Waals surface area contributed by atoms with E-state index in [2.05, 4.69) is 35.1 Å². The molecule has 1 N–H and O–H groups in total. The zero-order valence-electron chi connectivity index (χ0n) is 12.8. The lowest BCUT2D eigenvalue weighted by molar-refractivity contribution is -0.156. The van der Waals surface area contributed by atoms with Crippen molar-refractivity contribution in [3.8, 4) is 0 Å². The van der Waals surface area contributed by atoms with E-state index in [4.69, 9.17) is 0 Å². The normalized spacial score (nSPS) is 21.8. The van der Waals surface area contributed by atoms with Gasteiger partial charge in [0.25, 0.3) is 0 Å². The smallest absolute Gasteiger partial charge is 0.246 e. The number of hydrogen-bond donors (Lipinski definition) is 1. The largest absolute Gasteiger partial charge is 0.342 e. The standard InChI is InChI=1S/C15H21BrN2O2S/c1-9(2)5-12-13(19)18(15(3,4)14(20)17-12)7-11-6-10(16)8-21-11/h6,8-9,12H,5,7H2,1-4H3,(H,17,20). The topological polar surface area (TPSA) is 49.4 Å². The average molecular weight is 373 g/mol. The third-order valence-electron chi connectivity index (χ3n) is 3.74. The average Bonchev–Trinajstić information content (AvgIpc) is 2.77. The van der Waals surface area contributed by atoms with Crippen molar-refractivity contribution in [1.29, 1.82) is 0 Å². The van der Waals surface area contributed by atoms with Crippen LogP contribution in [0.1, 0.15) is 39.0 Å². The minimum Gasteiger partial charge on any atom is -0.342 e. The Balaban J connectivity index is 2.24. The summed E-state index contributed by atoms with van der Waals surface area (Å²) in [4.78, 5) is 27.9. The summed E-state index contributed by atoms with van der Waals surface area (Å²) in [5.74, 6) is 0.291. The Morgan fingerprint density at radius 2 is 2.10 bits per heavy atom. The number of piperazine rings is 1. The molecule has 1 aliphatic heterocycles. The van der Waals surface area contributed by atoms with Gasteiger partial charge in [-0.15, -0.1) is 11.3 Å². The van der Waals surface area contributed by atoms with Crippen LogP contribution in [0.15, 0.2) is 15.9 Å². The van der Waals surface area contributed by atoms with E-state index < -0.39 is 11.6 Å². The van der Waals surface area contributed by atoms with Crippen LogP contribution in [0.2, 0.25) is 0 Å². The van der Waals surface area contributed by atoms with Gasteiger partial charge in [0.2, 0.25) is 11.8 Å². The molecular weight excluding hydrogens is 352 g/mol. The zero-order chi connectivity index (χ0) is 15.8. The Morgan fingerprint density at radius 3 is 2.62 bits per heavy atom. The molecule has 1 aromatic rings. The number of carbonyl (C=O) groups excluding carboxylic acids is 2. The molecule has 1 aromatic heterocycles. The van der Waals surface area contributed by atoms with E-state index in [0.717, 1.165) is 9.35 Å². The Hall–Kier alpha value is -0.880. The second-order valence-corrected chi connectivity index (χ2v) is 8.28. The predicted octanol–water partition coefficient (Wildman–Crippen LogP) is 3.16. The van der Waals surface area contributed by atoms with Gasteiger partial charge in [0.15, 0.2) is 0 Å². The van der Waals surface area contributed by atoms with Crippen molar-refractivity contribution in [3.63, 3.8) is 0 Å². The van der Waals surface area contributed by atoms with Gasteiger partial charge >= 0.3 is 0 Å². The first-order chi connectivity index (χ1) is 9.71. The Morgan fingerprint density at radius 1 is 1.43 bits per heavy atom. The molecule has 1 atom stereocenters. The van der Waals surface area contributed by atoms with Crippen molar-refractivity contribution in [1.82, 2.24) is 10.2 Å². The molecule has 1 aliphatic rings. The molecule has 21 heavy (non-hydrogen) atoms. The number of nitrogens with zero attached hydrogens (tertiary/aromatic N) is 1. The van der Waals surface area contributed by atoms with E-state index in [-0.39, 0.29) is 11.8 Å². The first-order valence-corrected chi connectivity index (χ1v) is 8.74. The fourth-order valence-corrected chi connectivity index (χ4v) is 3.92. The predicted molar refractivity (Wildman–Crippen MR) is 88.0 cm³/mol. The minimum atomic E-state index is -0.818. The maximum atomic E-state index is 12.7. The van der Waals surface area contributed by atoms with Crippen LogP contribution < -0.4 is 5.32 Å². The Bertz CT molecular complexity index is 554. The van der Waals surface area contributed by atoms with E-state index in [1.54, 1.807) is 30.1 Å². The third kappa shape index (κ3) is 3.48. The highest BCUT2D eigenvalue weighted by molar-refractivity contribution is 9.10. The highest BCUT2D eigenvalue weighted by Crippen LogP contribution is 2.28. The molecule has 0 aliphatic carbocycles. The molecule has 2 amide bonds. The molecule has 1 saturated heterocycles. The number of carbonyl (C=O) groups is 2. The van der Waals surface area contributed by atoms with Crippen LogP contribution >= 0.6 is 27.3 Å². The monoisotopic (exact) mass is 372 g/mol. The molecule has 4 nitrogen and oxygen atoms in total. The van der Waals surface area contributed by atoms with Gasteiger partial charge in [-0.25, -0.2) is 0 Å². The third-order valence-corrected chi connectivity index (χ3v) is 5.43. The lowest BCUT2D eigenvalue weighted by atomic mass is 9.92. The van der Waals surface area contributed by atoms with E-state index in [9.17, 15) is 9.59 Å². The van der Waals surface area contributed by atoms with Crippen molar-refractivity contribution >= 4 is 39.1 Å². The summed E-state index contributed by atoms with van der Waals surface area (Å²) in [5, 5.41) is 4.86. The first-order valence-electron chi connectivity index (χ1n) is 7.07. The molecule has 6 heteroatoms. The summed E-state index contributed by atoms with van der Waals surface area (Å²) >= 11 is 5.01. The van der Waals surface area contributed by atoms with Gasteiger partial charge in [0.05, 0.1) is 6.54 Å². The van der Waals surface area contributed by atoms with Crippen molar-refractivity contribution in [2.45, 2.75) is 52.2 Å². The van der Waals surface area contributed by atoms with Crippen LogP contribution in [-0.4, -0.2) is 28.3 Å². The van der Waals surface area contributed by atoms with Crippen LogP contribution in [0.4, 0.5) is 0 Å². The number of amides is 2. The molecular formula is C15H21BrN2O2S. The molecule has 1 unspecified atom stereocenters. The molecule has 2 heterocycles. The summed E-state index contributed by atoms with van der Waals surface area (Å²) in [7, 11) is 0. The number of hydrogen-bond acceptors (Lipinski definition) is 3. The van der Waals surface area contributed by atoms with Gasteiger partial charge in [0, 0.05) is 14.7 Å². The number of halogens is 1. The Labute approximate surface area is 138 Å². The van der Waals surface area contributed by atoms with Crippen molar-refractivity contribution < 1.29 is 9.59 Å². The molecule has 0 radical (unpaired) electrons. The summed E-state index contributed by atoms with van der Waals surface area (Å²) in [6.45, 7) is 8.19. The van der Waals surface area contributed by atoms with E-state index in [1.165, 1.54) is 0 Å². The second-order valence-electron chi connectivity index (χ2n) is 6.37. The number of thiophene rings is 1. The van der Waals surface area contributed by atoms with Gasteiger partial charge in [-0.1, -0.05) is 13.8 Å². The lowest BCUT2D eigenvalue weighted by Crippen LogP contribution is -2.68. The van der Waals surface area contributed by atoms with E-state index in [1.807, 2.05) is 11.4 Å². The van der Waals surface area contributed by atoms with Crippen LogP contribution in [-0.2, 0) is 16.1 Å². The quantitative estimate of drug-likeness (QED) is 0.882. The maximum Gasteiger partial charge on any atom is 0.246 e. The van der Waals surface area contributed by atoms with Gasteiger partial charge < -0.3 is 10.2 Å². The van der Waals surface area contributed by atoms with Gasteiger partial charge in [0.1, 0.15) is 11.6 Å². The van der Waals surface area contributed by atoms with Crippen LogP contribution in [0, 0.1) is 5.92 Å². The number of rotatable bonds is 4. The van der Waals surface area contributed by atoms with E-state index in [0.29, 0.717) is 18.9 Å². The van der Waals surface area contributed by atoms with Crippen molar-refractivity contribution in [3.05, 3.63) is 20.8 Å². The van der Waals surface area contributed by atoms with Gasteiger partial charge in [-0.05, 0) is 48.2 Å². The SMILES string of the molecule is CC(C)CC1NC(=O)C(C)(C)N(Cc2cc(Br)cs2)C1=O. The molecule has 1 fully saturated rings. The molecule has 0 spiro atoms. The molecule has 2 rings (SSSR count). The summed E-state index contributed by atoms with van der Waals surface area (Å²) in [6, 6.07) is 1.59. The lowest BCUT2D eigenvalue weighted by Gasteiger charge is -2.44.